The van der Waals surface area contributed by atoms with E-state index >= 15 is 0 Å². The second kappa shape index (κ2) is 8.48. The summed E-state index contributed by atoms with van der Waals surface area (Å²) in [5, 5.41) is 12.8. The van der Waals surface area contributed by atoms with E-state index in [1.165, 1.54) is 0 Å². The summed E-state index contributed by atoms with van der Waals surface area (Å²) >= 11 is 0. The van der Waals surface area contributed by atoms with Gasteiger partial charge in [0.1, 0.15) is 5.60 Å². The van der Waals surface area contributed by atoms with E-state index in [9.17, 15) is 14.7 Å². The molecule has 1 rings (SSSR count). The molecule has 0 saturated heterocycles. The molecular weight excluding hydrogens is 294 g/mol. The molecule has 0 aliphatic rings. The Balaban J connectivity index is 2.88. The van der Waals surface area contributed by atoms with Crippen molar-refractivity contribution in [1.29, 1.82) is 0 Å². The van der Waals surface area contributed by atoms with Crippen molar-refractivity contribution in [2.75, 3.05) is 0 Å². The summed E-state index contributed by atoms with van der Waals surface area (Å²) in [5.41, 5.74) is -0.290. The number of carbonyl (C=O) groups is 2. The lowest BCUT2D eigenvalue weighted by Crippen LogP contribution is -2.51. The quantitative estimate of drug-likeness (QED) is 0.598. The first-order valence-corrected chi connectivity index (χ1v) is 7.62. The number of aliphatic hydroxyl groups excluding tert-OH is 1. The topological polar surface area (TPSA) is 75.6 Å². The number of carbonyl (C=O) groups excluding carboxylic acids is 2. The van der Waals surface area contributed by atoms with Gasteiger partial charge in [-0.1, -0.05) is 24.3 Å². The minimum atomic E-state index is -1.12. The zero-order valence-electron chi connectivity index (χ0n) is 13.9. The molecule has 1 aromatic carbocycles. The summed E-state index contributed by atoms with van der Waals surface area (Å²) in [6, 6.07) is 7.40. The number of hydrogen-bond donors (Lipinski definition) is 2. The first-order chi connectivity index (χ1) is 10.7. The Kier molecular flexibility index (Phi) is 6.97. The number of allylic oxidation sites excluding steroid dienone is 1. The standard InChI is InChI=1S/C18H25NO4/c1-5-6-12-14(20)15(17(22)23-18(2,3)4)19-16(21)13-10-8-7-9-11-13/h5,7-11,14-15,20H,1,6,12H2,2-4H3,(H,19,21)/t14?,15-/m0/s1. The van der Waals surface area contributed by atoms with Gasteiger partial charge in [-0.25, -0.2) is 4.79 Å². The normalized spacial score (nSPS) is 13.7. The van der Waals surface area contributed by atoms with Gasteiger partial charge in [0.05, 0.1) is 6.10 Å². The van der Waals surface area contributed by atoms with E-state index in [-0.39, 0.29) is 0 Å². The van der Waals surface area contributed by atoms with Gasteiger partial charge in [-0.3, -0.25) is 4.79 Å². The summed E-state index contributed by atoms with van der Waals surface area (Å²) < 4.78 is 5.30. The van der Waals surface area contributed by atoms with Crippen molar-refractivity contribution in [1.82, 2.24) is 5.32 Å². The number of benzene rings is 1. The van der Waals surface area contributed by atoms with E-state index in [1.54, 1.807) is 57.2 Å². The molecule has 0 bridgehead atoms. The Labute approximate surface area is 137 Å². The van der Waals surface area contributed by atoms with Gasteiger partial charge in [-0.05, 0) is 45.7 Å². The predicted octanol–water partition coefficient (Wildman–Crippen LogP) is 2.45. The first-order valence-electron chi connectivity index (χ1n) is 7.62. The van der Waals surface area contributed by atoms with Crippen LogP contribution in [0.4, 0.5) is 0 Å². The number of ether oxygens (including phenoxy) is 1. The van der Waals surface area contributed by atoms with Crippen LogP contribution in [0.15, 0.2) is 43.0 Å². The SMILES string of the molecule is C=CCCC(O)[C@H](NC(=O)c1ccccc1)C(=O)OC(C)(C)C. The van der Waals surface area contributed by atoms with Crippen LogP contribution < -0.4 is 5.32 Å². The van der Waals surface area contributed by atoms with Gasteiger partial charge in [0.25, 0.3) is 5.91 Å². The fourth-order valence-corrected chi connectivity index (χ4v) is 1.95. The summed E-state index contributed by atoms with van der Waals surface area (Å²) in [7, 11) is 0. The van der Waals surface area contributed by atoms with Crippen molar-refractivity contribution >= 4 is 11.9 Å². The Morgan fingerprint density at radius 1 is 1.30 bits per heavy atom. The number of aliphatic hydroxyl groups is 1. The van der Waals surface area contributed by atoms with Crippen LogP contribution in [0.3, 0.4) is 0 Å². The second-order valence-corrected chi connectivity index (χ2v) is 6.28. The monoisotopic (exact) mass is 319 g/mol. The third kappa shape index (κ3) is 6.65. The highest BCUT2D eigenvalue weighted by Gasteiger charge is 2.32. The van der Waals surface area contributed by atoms with E-state index in [1.807, 2.05) is 0 Å². The van der Waals surface area contributed by atoms with Crippen LogP contribution >= 0.6 is 0 Å². The van der Waals surface area contributed by atoms with Crippen molar-refractivity contribution in [2.24, 2.45) is 0 Å². The van der Waals surface area contributed by atoms with Gasteiger partial charge in [0, 0.05) is 5.56 Å². The fraction of sp³-hybridized carbons (Fsp3) is 0.444. The van der Waals surface area contributed by atoms with Gasteiger partial charge in [-0.2, -0.15) is 0 Å². The van der Waals surface area contributed by atoms with Gasteiger partial charge in [0.2, 0.25) is 0 Å². The van der Waals surface area contributed by atoms with Crippen LogP contribution in [-0.4, -0.2) is 34.7 Å². The van der Waals surface area contributed by atoms with Crippen molar-refractivity contribution in [2.45, 2.75) is 51.4 Å². The van der Waals surface area contributed by atoms with E-state index in [0.717, 1.165) is 0 Å². The summed E-state index contributed by atoms with van der Waals surface area (Å²) in [4.78, 5) is 24.6. The van der Waals surface area contributed by atoms with Crippen molar-refractivity contribution in [3.63, 3.8) is 0 Å². The summed E-state index contributed by atoms with van der Waals surface area (Å²) in [6.45, 7) is 8.79. The highest BCUT2D eigenvalue weighted by Crippen LogP contribution is 2.13. The maximum atomic E-state index is 12.3. The average molecular weight is 319 g/mol. The highest BCUT2D eigenvalue weighted by molar-refractivity contribution is 5.96. The molecule has 0 spiro atoms. The molecule has 1 amide bonds. The molecule has 126 valence electrons. The molecule has 1 unspecified atom stereocenters. The molecule has 23 heavy (non-hydrogen) atoms. The van der Waals surface area contributed by atoms with Gasteiger partial charge >= 0.3 is 5.97 Å². The Morgan fingerprint density at radius 3 is 2.43 bits per heavy atom. The smallest absolute Gasteiger partial charge is 0.331 e. The maximum absolute atomic E-state index is 12.3. The lowest BCUT2D eigenvalue weighted by Gasteiger charge is -2.27. The Bertz CT molecular complexity index is 534. The zero-order valence-corrected chi connectivity index (χ0v) is 13.9. The number of nitrogens with one attached hydrogen (secondary N) is 1. The lowest BCUT2D eigenvalue weighted by molar-refractivity contribution is -0.160. The fourth-order valence-electron chi connectivity index (χ4n) is 1.95. The van der Waals surface area contributed by atoms with Crippen LogP contribution in [0.25, 0.3) is 0 Å². The predicted molar refractivity (Wildman–Crippen MR) is 89.0 cm³/mol. The molecule has 1 aromatic rings. The van der Waals surface area contributed by atoms with Crippen LogP contribution in [-0.2, 0) is 9.53 Å². The molecule has 0 aliphatic heterocycles. The molecule has 0 aliphatic carbocycles. The summed E-state index contributed by atoms with van der Waals surface area (Å²) in [5.74, 6) is -1.09. The van der Waals surface area contributed by atoms with Gasteiger partial charge in [-0.15, -0.1) is 6.58 Å². The largest absolute Gasteiger partial charge is 0.458 e. The Hall–Kier alpha value is -2.14. The molecule has 5 heteroatoms. The molecule has 0 heterocycles. The van der Waals surface area contributed by atoms with Crippen LogP contribution in [0.5, 0.6) is 0 Å². The zero-order chi connectivity index (χ0) is 17.5. The van der Waals surface area contributed by atoms with Crippen LogP contribution in [0, 0.1) is 0 Å². The molecule has 0 fully saturated rings. The van der Waals surface area contributed by atoms with Gasteiger partial charge < -0.3 is 15.2 Å². The first kappa shape index (κ1) is 18.9. The second-order valence-electron chi connectivity index (χ2n) is 6.28. The van der Waals surface area contributed by atoms with Crippen molar-refractivity contribution in [3.8, 4) is 0 Å². The molecule has 0 radical (unpaired) electrons. The third-order valence-electron chi connectivity index (χ3n) is 3.03. The number of hydrogen-bond acceptors (Lipinski definition) is 4. The minimum absolute atomic E-state index is 0.308. The average Bonchev–Trinajstić information content (AvgIpc) is 2.49. The van der Waals surface area contributed by atoms with Gasteiger partial charge in [0.15, 0.2) is 6.04 Å². The molecule has 0 aromatic heterocycles. The van der Waals surface area contributed by atoms with E-state index in [0.29, 0.717) is 18.4 Å². The molecule has 2 N–H and O–H groups in total. The molecule has 5 nitrogen and oxygen atoms in total. The minimum Gasteiger partial charge on any atom is -0.458 e. The number of amides is 1. The number of esters is 1. The van der Waals surface area contributed by atoms with Crippen LogP contribution in [0.2, 0.25) is 0 Å². The third-order valence-corrected chi connectivity index (χ3v) is 3.03. The number of rotatable bonds is 7. The molecule has 2 atom stereocenters. The highest BCUT2D eigenvalue weighted by atomic mass is 16.6. The molecular formula is C18H25NO4. The van der Waals surface area contributed by atoms with Crippen molar-refractivity contribution < 1.29 is 19.4 Å². The Morgan fingerprint density at radius 2 is 1.91 bits per heavy atom. The molecule has 0 saturated carbocycles. The van der Waals surface area contributed by atoms with E-state index < -0.39 is 29.6 Å². The van der Waals surface area contributed by atoms with E-state index in [4.69, 9.17) is 4.74 Å². The van der Waals surface area contributed by atoms with Crippen molar-refractivity contribution in [3.05, 3.63) is 48.6 Å². The lowest BCUT2D eigenvalue weighted by atomic mass is 10.0. The van der Waals surface area contributed by atoms with E-state index in [2.05, 4.69) is 11.9 Å². The van der Waals surface area contributed by atoms with Crippen LogP contribution in [0.1, 0.15) is 44.0 Å². The summed E-state index contributed by atoms with van der Waals surface area (Å²) in [6.07, 6.45) is 1.44. The maximum Gasteiger partial charge on any atom is 0.331 e.